The summed E-state index contributed by atoms with van der Waals surface area (Å²) in [7, 11) is 0. The third-order valence-electron chi connectivity index (χ3n) is 4.00. The normalized spacial score (nSPS) is 16.5. The first kappa shape index (κ1) is 18.3. The van der Waals surface area contributed by atoms with Gasteiger partial charge in [-0.15, -0.1) is 0 Å². The zero-order valence-corrected chi connectivity index (χ0v) is 15.7. The van der Waals surface area contributed by atoms with E-state index in [2.05, 4.69) is 31.3 Å². The van der Waals surface area contributed by atoms with Gasteiger partial charge in [0.1, 0.15) is 6.61 Å². The van der Waals surface area contributed by atoms with E-state index in [1.54, 1.807) is 12.1 Å². The minimum Gasteiger partial charge on any atom is -0.485 e. The highest BCUT2D eigenvalue weighted by atomic mass is 35.5. The molecule has 5 nitrogen and oxygen atoms in total. The van der Waals surface area contributed by atoms with Crippen LogP contribution in [0.1, 0.15) is 31.9 Å². The molecule has 1 amide bonds. The molecule has 3 rings (SSSR count). The first-order valence-electron chi connectivity index (χ1n) is 8.35. The molecule has 0 bridgehead atoms. The molecule has 1 N–H and O–H groups in total. The number of ether oxygens (including phenoxy) is 2. The Bertz CT molecular complexity index is 843. The molecular weight excluding hydrogens is 352 g/mol. The lowest BCUT2D eigenvalue weighted by Gasteiger charge is -2.27. The van der Waals surface area contributed by atoms with Gasteiger partial charge in [-0.3, -0.25) is 4.79 Å². The predicted molar refractivity (Wildman–Crippen MR) is 102 cm³/mol. The molecule has 1 aliphatic heterocycles. The lowest BCUT2D eigenvalue weighted by molar-refractivity contribution is -0.130. The van der Waals surface area contributed by atoms with E-state index in [-0.39, 0.29) is 17.9 Å². The van der Waals surface area contributed by atoms with E-state index in [9.17, 15) is 4.79 Å². The molecule has 26 heavy (non-hydrogen) atoms. The van der Waals surface area contributed by atoms with Crippen molar-refractivity contribution in [1.29, 1.82) is 0 Å². The number of carbonyl (C=O) groups is 1. The molecule has 136 valence electrons. The van der Waals surface area contributed by atoms with Crippen LogP contribution in [0.4, 0.5) is 0 Å². The quantitative estimate of drug-likeness (QED) is 0.656. The number of hydrogen-bond donors (Lipinski definition) is 1. The van der Waals surface area contributed by atoms with E-state index < -0.39 is 6.10 Å². The summed E-state index contributed by atoms with van der Waals surface area (Å²) in [4.78, 5) is 12.3. The molecular formula is C20H21ClN2O3. The van der Waals surface area contributed by atoms with Crippen molar-refractivity contribution in [2.75, 3.05) is 6.61 Å². The second kappa shape index (κ2) is 7.38. The highest BCUT2D eigenvalue weighted by Crippen LogP contribution is 2.36. The van der Waals surface area contributed by atoms with Crippen LogP contribution >= 0.6 is 11.6 Å². The van der Waals surface area contributed by atoms with Gasteiger partial charge in [0.25, 0.3) is 5.91 Å². The number of nitrogens with zero attached hydrogens (tertiary/aromatic N) is 1. The molecule has 1 unspecified atom stereocenters. The molecule has 0 spiro atoms. The standard InChI is InChI=1S/C20H21ClN2O3/c1-20(2,3)14-7-8-16-17(10-14)26-18(12-25-16)19(24)23-22-11-13-5-4-6-15(21)9-13/h4-11,18H,12H2,1-3H3,(H,23,24)/b22-11-. The van der Waals surface area contributed by atoms with Crippen molar-refractivity contribution in [2.24, 2.45) is 5.10 Å². The Morgan fingerprint density at radius 1 is 1.23 bits per heavy atom. The van der Waals surface area contributed by atoms with Crippen molar-refractivity contribution < 1.29 is 14.3 Å². The summed E-state index contributed by atoms with van der Waals surface area (Å²) in [5, 5.41) is 4.56. The summed E-state index contributed by atoms with van der Waals surface area (Å²) in [6.07, 6.45) is 0.772. The minimum atomic E-state index is -0.755. The van der Waals surface area contributed by atoms with Crippen LogP contribution in [0.3, 0.4) is 0 Å². The Morgan fingerprint density at radius 3 is 2.77 bits per heavy atom. The van der Waals surface area contributed by atoms with Gasteiger partial charge in [-0.2, -0.15) is 5.10 Å². The summed E-state index contributed by atoms with van der Waals surface area (Å²) in [6, 6.07) is 13.0. The van der Waals surface area contributed by atoms with Crippen LogP contribution in [0.25, 0.3) is 0 Å². The fourth-order valence-electron chi connectivity index (χ4n) is 2.50. The smallest absolute Gasteiger partial charge is 0.284 e. The van der Waals surface area contributed by atoms with Gasteiger partial charge in [-0.1, -0.05) is 50.6 Å². The number of nitrogens with one attached hydrogen (secondary N) is 1. The molecule has 1 atom stereocenters. The molecule has 6 heteroatoms. The topological polar surface area (TPSA) is 59.9 Å². The molecule has 0 saturated carbocycles. The van der Waals surface area contributed by atoms with Crippen LogP contribution < -0.4 is 14.9 Å². The summed E-state index contributed by atoms with van der Waals surface area (Å²) in [5.41, 5.74) is 4.36. The zero-order chi connectivity index (χ0) is 18.7. The maximum Gasteiger partial charge on any atom is 0.284 e. The molecule has 0 fully saturated rings. The van der Waals surface area contributed by atoms with Gasteiger partial charge in [0.15, 0.2) is 11.5 Å². The summed E-state index contributed by atoms with van der Waals surface area (Å²) in [6.45, 7) is 6.49. The van der Waals surface area contributed by atoms with Crippen molar-refractivity contribution in [3.63, 3.8) is 0 Å². The number of hydrogen-bond acceptors (Lipinski definition) is 4. The average molecular weight is 373 g/mol. The van der Waals surface area contributed by atoms with Crippen molar-refractivity contribution in [1.82, 2.24) is 5.43 Å². The Labute approximate surface area is 158 Å². The van der Waals surface area contributed by atoms with Crippen molar-refractivity contribution in [2.45, 2.75) is 32.3 Å². The molecule has 0 saturated heterocycles. The van der Waals surface area contributed by atoms with E-state index in [0.717, 1.165) is 11.1 Å². The Hall–Kier alpha value is -2.53. The number of rotatable bonds is 3. The third kappa shape index (κ3) is 4.35. The minimum absolute atomic E-state index is 0.0190. The van der Waals surface area contributed by atoms with Crippen LogP contribution in [0, 0.1) is 0 Å². The van der Waals surface area contributed by atoms with Crippen LogP contribution in [0.5, 0.6) is 11.5 Å². The molecule has 1 heterocycles. The predicted octanol–water partition coefficient (Wildman–Crippen LogP) is 3.93. The van der Waals surface area contributed by atoms with Crippen molar-refractivity contribution in [3.05, 3.63) is 58.6 Å². The van der Waals surface area contributed by atoms with E-state index >= 15 is 0 Å². The molecule has 0 aromatic heterocycles. The maximum absolute atomic E-state index is 12.3. The van der Waals surface area contributed by atoms with Gasteiger partial charge in [0.2, 0.25) is 6.10 Å². The number of benzene rings is 2. The highest BCUT2D eigenvalue weighted by molar-refractivity contribution is 6.30. The van der Waals surface area contributed by atoms with Crippen LogP contribution in [0.15, 0.2) is 47.6 Å². The van der Waals surface area contributed by atoms with Gasteiger partial charge in [-0.25, -0.2) is 5.43 Å². The Kier molecular flexibility index (Phi) is 5.18. The summed E-state index contributed by atoms with van der Waals surface area (Å²) < 4.78 is 11.5. The van der Waals surface area contributed by atoms with Crippen molar-refractivity contribution >= 4 is 23.7 Å². The van der Waals surface area contributed by atoms with Gasteiger partial charge >= 0.3 is 0 Å². The zero-order valence-electron chi connectivity index (χ0n) is 15.0. The molecule has 1 aliphatic rings. The van der Waals surface area contributed by atoms with Gasteiger partial charge in [0.05, 0.1) is 6.21 Å². The van der Waals surface area contributed by atoms with E-state index in [4.69, 9.17) is 21.1 Å². The van der Waals surface area contributed by atoms with Crippen LogP contribution in [-0.2, 0) is 10.2 Å². The Morgan fingerprint density at radius 2 is 2.04 bits per heavy atom. The second-order valence-electron chi connectivity index (χ2n) is 7.12. The SMILES string of the molecule is CC(C)(C)c1ccc2c(c1)OC(C(=O)N/N=C\c1cccc(Cl)c1)CO2. The fraction of sp³-hybridized carbons (Fsp3) is 0.300. The number of amides is 1. The molecule has 2 aromatic carbocycles. The number of hydrazone groups is 1. The van der Waals surface area contributed by atoms with E-state index in [1.807, 2.05) is 30.3 Å². The lowest BCUT2D eigenvalue weighted by Crippen LogP contribution is -2.42. The third-order valence-corrected chi connectivity index (χ3v) is 4.23. The first-order chi connectivity index (χ1) is 12.3. The molecule has 0 radical (unpaired) electrons. The van der Waals surface area contributed by atoms with Gasteiger partial charge in [0, 0.05) is 5.02 Å². The second-order valence-corrected chi connectivity index (χ2v) is 7.55. The van der Waals surface area contributed by atoms with Crippen molar-refractivity contribution in [3.8, 4) is 11.5 Å². The van der Waals surface area contributed by atoms with Crippen LogP contribution in [0.2, 0.25) is 5.02 Å². The fourth-order valence-corrected chi connectivity index (χ4v) is 2.70. The summed E-state index contributed by atoms with van der Waals surface area (Å²) >= 11 is 5.92. The Balaban J connectivity index is 1.65. The van der Waals surface area contributed by atoms with E-state index in [0.29, 0.717) is 16.5 Å². The average Bonchev–Trinajstić information content (AvgIpc) is 2.60. The molecule has 0 aliphatic carbocycles. The number of halogens is 1. The lowest BCUT2D eigenvalue weighted by atomic mass is 9.87. The van der Waals surface area contributed by atoms with Crippen LogP contribution in [-0.4, -0.2) is 24.8 Å². The van der Waals surface area contributed by atoms with E-state index in [1.165, 1.54) is 6.21 Å². The number of carbonyl (C=O) groups excluding carboxylic acids is 1. The first-order valence-corrected chi connectivity index (χ1v) is 8.73. The maximum atomic E-state index is 12.3. The van der Waals surface area contributed by atoms with Gasteiger partial charge in [-0.05, 0) is 40.8 Å². The highest BCUT2D eigenvalue weighted by Gasteiger charge is 2.28. The largest absolute Gasteiger partial charge is 0.485 e. The summed E-state index contributed by atoms with van der Waals surface area (Å²) in [5.74, 6) is 0.849. The molecule has 2 aromatic rings. The van der Waals surface area contributed by atoms with Gasteiger partial charge < -0.3 is 9.47 Å². The number of fused-ring (bicyclic) bond motifs is 1. The monoisotopic (exact) mass is 372 g/mol.